The molecule has 0 fully saturated rings. The van der Waals surface area contributed by atoms with Gasteiger partial charge in [0.05, 0.1) is 5.56 Å². The van der Waals surface area contributed by atoms with Crippen molar-refractivity contribution in [2.24, 2.45) is 0 Å². The predicted molar refractivity (Wildman–Crippen MR) is 69.4 cm³/mol. The average molecular weight is 306 g/mol. The van der Waals surface area contributed by atoms with Gasteiger partial charge in [0, 0.05) is 16.3 Å². The van der Waals surface area contributed by atoms with Crippen LogP contribution >= 0.6 is 27.7 Å². The Morgan fingerprint density at radius 1 is 1.62 bits per heavy atom. The maximum Gasteiger partial charge on any atom is 0.254 e. The number of rotatable bonds is 4. The van der Waals surface area contributed by atoms with Crippen LogP contribution in [-0.4, -0.2) is 24.0 Å². The van der Waals surface area contributed by atoms with Crippen molar-refractivity contribution in [1.29, 1.82) is 0 Å². The normalized spacial score (nSPS) is 12.2. The van der Waals surface area contributed by atoms with Crippen molar-refractivity contribution in [1.82, 2.24) is 5.32 Å². The number of hydrogen-bond acceptors (Lipinski definition) is 2. The zero-order valence-corrected chi connectivity index (χ0v) is 11.5. The predicted octanol–water partition coefficient (Wildman–Crippen LogP) is 3.07. The van der Waals surface area contributed by atoms with Crippen molar-refractivity contribution in [3.05, 3.63) is 34.1 Å². The first-order chi connectivity index (χ1) is 7.54. The Morgan fingerprint density at radius 2 is 2.31 bits per heavy atom. The molecule has 1 aromatic rings. The molecule has 0 saturated heterocycles. The Labute approximate surface area is 107 Å². The van der Waals surface area contributed by atoms with Gasteiger partial charge in [-0.2, -0.15) is 11.8 Å². The highest BCUT2D eigenvalue weighted by Crippen LogP contribution is 2.15. The monoisotopic (exact) mass is 305 g/mol. The summed E-state index contributed by atoms with van der Waals surface area (Å²) in [4.78, 5) is 11.7. The molecule has 0 aliphatic rings. The van der Waals surface area contributed by atoms with E-state index in [1.165, 1.54) is 12.1 Å². The van der Waals surface area contributed by atoms with E-state index in [9.17, 15) is 9.18 Å². The highest BCUT2D eigenvalue weighted by molar-refractivity contribution is 9.10. The molecule has 1 amide bonds. The number of carbonyl (C=O) groups is 1. The molecule has 5 heteroatoms. The van der Waals surface area contributed by atoms with E-state index in [0.29, 0.717) is 16.3 Å². The third-order valence-electron chi connectivity index (χ3n) is 2.13. The van der Waals surface area contributed by atoms with Gasteiger partial charge in [0.1, 0.15) is 5.82 Å². The van der Waals surface area contributed by atoms with E-state index in [1.54, 1.807) is 17.8 Å². The van der Waals surface area contributed by atoms with Gasteiger partial charge in [0.15, 0.2) is 0 Å². The molecule has 0 aliphatic carbocycles. The summed E-state index contributed by atoms with van der Waals surface area (Å²) in [6.45, 7) is 2.54. The molecular weight excluding hydrogens is 293 g/mol. The van der Waals surface area contributed by atoms with Crippen LogP contribution in [0.15, 0.2) is 22.7 Å². The summed E-state index contributed by atoms with van der Waals surface area (Å²) < 4.78 is 14.0. The van der Waals surface area contributed by atoms with Gasteiger partial charge in [0.2, 0.25) is 0 Å². The maximum absolute atomic E-state index is 13.3. The second-order valence-electron chi connectivity index (χ2n) is 3.38. The largest absolute Gasteiger partial charge is 0.351 e. The van der Waals surface area contributed by atoms with Gasteiger partial charge in [-0.3, -0.25) is 4.79 Å². The first kappa shape index (κ1) is 13.5. The Bertz CT molecular complexity index is 386. The average Bonchev–Trinajstić information content (AvgIpc) is 2.28. The summed E-state index contributed by atoms with van der Waals surface area (Å²) in [7, 11) is 0. The molecule has 0 radical (unpaired) electrons. The van der Waals surface area contributed by atoms with Crippen molar-refractivity contribution in [3.8, 4) is 0 Å². The van der Waals surface area contributed by atoms with Crippen molar-refractivity contribution < 1.29 is 9.18 Å². The van der Waals surface area contributed by atoms with Crippen LogP contribution in [0.1, 0.15) is 17.3 Å². The number of benzene rings is 1. The lowest BCUT2D eigenvalue weighted by Gasteiger charge is -2.10. The molecule has 0 heterocycles. The van der Waals surface area contributed by atoms with Crippen LogP contribution in [0.25, 0.3) is 0 Å². The van der Waals surface area contributed by atoms with E-state index in [-0.39, 0.29) is 11.5 Å². The lowest BCUT2D eigenvalue weighted by Crippen LogP contribution is -2.29. The van der Waals surface area contributed by atoms with E-state index >= 15 is 0 Å². The standard InChI is InChI=1S/C11H13BrFNOS/c1-7(16-2)6-14-11(15)9-5-8(12)3-4-10(9)13/h3-5,7H,6H2,1-2H3,(H,14,15). The Hall–Kier alpha value is -0.550. The fourth-order valence-electron chi connectivity index (χ4n) is 1.09. The minimum atomic E-state index is -0.502. The van der Waals surface area contributed by atoms with Gasteiger partial charge in [0.25, 0.3) is 5.91 Å². The molecule has 1 rings (SSSR count). The second-order valence-corrected chi connectivity index (χ2v) is 5.57. The Kier molecular flexibility index (Phi) is 5.28. The number of amides is 1. The third-order valence-corrected chi connectivity index (χ3v) is 3.59. The molecule has 0 aliphatic heterocycles. The molecule has 1 aromatic carbocycles. The molecule has 1 N–H and O–H groups in total. The molecule has 0 aromatic heterocycles. The second kappa shape index (κ2) is 6.25. The SMILES string of the molecule is CSC(C)CNC(=O)c1cc(Br)ccc1F. The van der Waals surface area contributed by atoms with Crippen LogP contribution in [0.5, 0.6) is 0 Å². The number of halogens is 2. The number of thioether (sulfide) groups is 1. The molecule has 2 nitrogen and oxygen atoms in total. The van der Waals surface area contributed by atoms with Gasteiger partial charge < -0.3 is 5.32 Å². The number of nitrogens with one attached hydrogen (secondary N) is 1. The number of carbonyl (C=O) groups excluding carboxylic acids is 1. The quantitative estimate of drug-likeness (QED) is 0.926. The van der Waals surface area contributed by atoms with Crippen LogP contribution in [0.3, 0.4) is 0 Å². The Morgan fingerprint density at radius 3 is 2.94 bits per heavy atom. The van der Waals surface area contributed by atoms with E-state index in [1.807, 2.05) is 13.2 Å². The minimum Gasteiger partial charge on any atom is -0.351 e. The van der Waals surface area contributed by atoms with Gasteiger partial charge in [-0.1, -0.05) is 22.9 Å². The van der Waals surface area contributed by atoms with Crippen LogP contribution < -0.4 is 5.32 Å². The van der Waals surface area contributed by atoms with Crippen LogP contribution in [0.2, 0.25) is 0 Å². The maximum atomic E-state index is 13.3. The zero-order valence-electron chi connectivity index (χ0n) is 9.09. The number of hydrogen-bond donors (Lipinski definition) is 1. The topological polar surface area (TPSA) is 29.1 Å². The smallest absolute Gasteiger partial charge is 0.254 e. The summed E-state index contributed by atoms with van der Waals surface area (Å²) in [5, 5.41) is 3.02. The van der Waals surface area contributed by atoms with Crippen molar-refractivity contribution in [3.63, 3.8) is 0 Å². The molecule has 88 valence electrons. The summed E-state index contributed by atoms with van der Waals surface area (Å²) >= 11 is 4.86. The lowest BCUT2D eigenvalue weighted by molar-refractivity contribution is 0.0950. The third kappa shape index (κ3) is 3.79. The fraction of sp³-hybridized carbons (Fsp3) is 0.364. The van der Waals surface area contributed by atoms with E-state index in [4.69, 9.17) is 0 Å². The fourth-order valence-corrected chi connectivity index (χ4v) is 1.70. The van der Waals surface area contributed by atoms with Crippen molar-refractivity contribution >= 4 is 33.6 Å². The first-order valence-electron chi connectivity index (χ1n) is 4.80. The summed E-state index contributed by atoms with van der Waals surface area (Å²) in [6, 6.07) is 4.32. The van der Waals surface area contributed by atoms with Gasteiger partial charge in [-0.15, -0.1) is 0 Å². The van der Waals surface area contributed by atoms with Gasteiger partial charge >= 0.3 is 0 Å². The summed E-state index contributed by atoms with van der Waals surface area (Å²) in [5.41, 5.74) is 0.0719. The minimum absolute atomic E-state index is 0.0719. The summed E-state index contributed by atoms with van der Waals surface area (Å²) in [6.07, 6.45) is 1.97. The molecule has 16 heavy (non-hydrogen) atoms. The highest BCUT2D eigenvalue weighted by Gasteiger charge is 2.12. The van der Waals surface area contributed by atoms with E-state index < -0.39 is 5.82 Å². The van der Waals surface area contributed by atoms with Crippen LogP contribution in [0.4, 0.5) is 4.39 Å². The summed E-state index contributed by atoms with van der Waals surface area (Å²) in [5.74, 6) is -0.878. The molecule has 1 unspecified atom stereocenters. The highest BCUT2D eigenvalue weighted by atomic mass is 79.9. The zero-order chi connectivity index (χ0) is 12.1. The van der Waals surface area contributed by atoms with E-state index in [2.05, 4.69) is 21.2 Å². The molecule has 0 spiro atoms. The van der Waals surface area contributed by atoms with Gasteiger partial charge in [-0.05, 0) is 24.5 Å². The Balaban J connectivity index is 2.69. The molecular formula is C11H13BrFNOS. The van der Waals surface area contributed by atoms with Crippen LogP contribution in [0, 0.1) is 5.82 Å². The molecule has 0 saturated carbocycles. The van der Waals surface area contributed by atoms with Crippen LogP contribution in [-0.2, 0) is 0 Å². The van der Waals surface area contributed by atoms with Crippen molar-refractivity contribution in [2.75, 3.05) is 12.8 Å². The van der Waals surface area contributed by atoms with Gasteiger partial charge in [-0.25, -0.2) is 4.39 Å². The van der Waals surface area contributed by atoms with E-state index in [0.717, 1.165) is 0 Å². The first-order valence-corrected chi connectivity index (χ1v) is 6.88. The molecule has 0 bridgehead atoms. The molecule has 1 atom stereocenters. The lowest BCUT2D eigenvalue weighted by atomic mass is 10.2. The van der Waals surface area contributed by atoms with Crippen molar-refractivity contribution in [2.45, 2.75) is 12.2 Å².